The standard InChI is InChI=1S/C24H32O7/c1-3-10-5-11(4-2)19-13-6-12(18(10)19)7-14(13)23(26)28-9-17(25)30-21-16-8-15-20(29-16)22(21)31-24(15)27/h10-16,18-22H,3-9H2,1-2H3. The highest BCUT2D eigenvalue weighted by molar-refractivity contribution is 5.79. The molecular weight excluding hydrogens is 400 g/mol. The number of rotatable bonds is 6. The van der Waals surface area contributed by atoms with Crippen LogP contribution >= 0.6 is 0 Å². The lowest BCUT2D eigenvalue weighted by atomic mass is 9.70. The van der Waals surface area contributed by atoms with Crippen LogP contribution in [0.15, 0.2) is 0 Å². The quantitative estimate of drug-likeness (QED) is 0.471. The van der Waals surface area contributed by atoms with Gasteiger partial charge in [-0.05, 0) is 61.2 Å². The van der Waals surface area contributed by atoms with E-state index in [0.717, 1.165) is 30.6 Å². The molecule has 3 aliphatic heterocycles. The molecule has 3 saturated heterocycles. The minimum absolute atomic E-state index is 0.0777. The maximum Gasteiger partial charge on any atom is 0.344 e. The smallest absolute Gasteiger partial charge is 0.344 e. The molecule has 12 unspecified atom stereocenters. The molecule has 3 saturated carbocycles. The van der Waals surface area contributed by atoms with Crippen molar-refractivity contribution in [2.45, 2.75) is 76.8 Å². The molecule has 170 valence electrons. The fourth-order valence-corrected chi connectivity index (χ4v) is 8.47. The van der Waals surface area contributed by atoms with Crippen molar-refractivity contribution in [1.82, 2.24) is 0 Å². The average molecular weight is 433 g/mol. The third kappa shape index (κ3) is 2.84. The monoisotopic (exact) mass is 432 g/mol. The van der Waals surface area contributed by atoms with Crippen molar-refractivity contribution in [2.24, 2.45) is 47.3 Å². The van der Waals surface area contributed by atoms with Crippen LogP contribution in [-0.2, 0) is 33.3 Å². The minimum atomic E-state index is -0.589. The number of ether oxygens (including phenoxy) is 4. The predicted octanol–water partition coefficient (Wildman–Crippen LogP) is 2.50. The van der Waals surface area contributed by atoms with E-state index in [-0.39, 0.29) is 42.6 Å². The topological polar surface area (TPSA) is 88.1 Å². The Morgan fingerprint density at radius 1 is 1.00 bits per heavy atom. The zero-order valence-corrected chi connectivity index (χ0v) is 18.2. The highest BCUT2D eigenvalue weighted by atomic mass is 16.7. The van der Waals surface area contributed by atoms with Gasteiger partial charge in [0.25, 0.3) is 0 Å². The lowest BCUT2D eigenvalue weighted by Gasteiger charge is -2.34. The molecule has 3 heterocycles. The summed E-state index contributed by atoms with van der Waals surface area (Å²) in [6.07, 6.45) is 4.62. The molecule has 0 N–H and O–H groups in total. The van der Waals surface area contributed by atoms with Crippen LogP contribution < -0.4 is 0 Å². The zero-order valence-electron chi connectivity index (χ0n) is 18.2. The summed E-state index contributed by atoms with van der Waals surface area (Å²) in [4.78, 5) is 37.1. The highest BCUT2D eigenvalue weighted by Crippen LogP contribution is 2.65. The van der Waals surface area contributed by atoms with Crippen molar-refractivity contribution in [3.05, 3.63) is 0 Å². The van der Waals surface area contributed by atoms with E-state index in [1.807, 2.05) is 0 Å². The molecule has 6 fully saturated rings. The maximum atomic E-state index is 12.9. The third-order valence-corrected chi connectivity index (χ3v) is 9.56. The van der Waals surface area contributed by atoms with Crippen LogP contribution in [0.25, 0.3) is 0 Å². The van der Waals surface area contributed by atoms with Crippen LogP contribution in [0.2, 0.25) is 0 Å². The zero-order chi connectivity index (χ0) is 21.4. The second-order valence-corrected chi connectivity index (χ2v) is 10.7. The molecule has 0 aromatic rings. The van der Waals surface area contributed by atoms with Gasteiger partial charge in [0, 0.05) is 0 Å². The number of carbonyl (C=O) groups is 3. The Morgan fingerprint density at radius 3 is 2.55 bits per heavy atom. The summed E-state index contributed by atoms with van der Waals surface area (Å²) in [6.45, 7) is 4.20. The van der Waals surface area contributed by atoms with E-state index in [1.165, 1.54) is 19.3 Å². The molecule has 7 heteroatoms. The van der Waals surface area contributed by atoms with Crippen LogP contribution in [0.3, 0.4) is 0 Å². The van der Waals surface area contributed by atoms with E-state index in [4.69, 9.17) is 18.9 Å². The van der Waals surface area contributed by atoms with Crippen LogP contribution in [0, 0.1) is 47.3 Å². The SMILES string of the molecule is CCC1CC(CC)C2C3CC(CC3C(=O)OCC(=O)OC3C4CC5C(=O)OC3C5O4)C12. The molecule has 3 aliphatic carbocycles. The molecule has 0 aromatic carbocycles. The first-order valence-electron chi connectivity index (χ1n) is 12.2. The Balaban J connectivity index is 1.04. The lowest BCUT2D eigenvalue weighted by molar-refractivity contribution is -0.171. The van der Waals surface area contributed by atoms with Crippen LogP contribution in [0.1, 0.15) is 52.4 Å². The van der Waals surface area contributed by atoms with Gasteiger partial charge in [-0.3, -0.25) is 9.59 Å². The Hall–Kier alpha value is -1.63. The fourth-order valence-electron chi connectivity index (χ4n) is 8.47. The second kappa shape index (κ2) is 7.19. The molecular formula is C24H32O7. The van der Waals surface area contributed by atoms with E-state index in [9.17, 15) is 14.4 Å². The van der Waals surface area contributed by atoms with Crippen molar-refractivity contribution in [3.63, 3.8) is 0 Å². The van der Waals surface area contributed by atoms with Crippen molar-refractivity contribution in [2.75, 3.05) is 6.61 Å². The summed E-state index contributed by atoms with van der Waals surface area (Å²) in [5, 5.41) is 0. The number of hydrogen-bond donors (Lipinski definition) is 0. The van der Waals surface area contributed by atoms with Gasteiger partial charge in [-0.25, -0.2) is 4.79 Å². The van der Waals surface area contributed by atoms with Crippen molar-refractivity contribution >= 4 is 17.9 Å². The van der Waals surface area contributed by atoms with E-state index in [2.05, 4.69) is 13.8 Å². The van der Waals surface area contributed by atoms with Crippen molar-refractivity contribution < 1.29 is 33.3 Å². The van der Waals surface area contributed by atoms with Crippen LogP contribution in [0.4, 0.5) is 0 Å². The van der Waals surface area contributed by atoms with E-state index < -0.39 is 18.2 Å². The Kier molecular flexibility index (Phi) is 4.64. The largest absolute Gasteiger partial charge is 0.455 e. The highest BCUT2D eigenvalue weighted by Gasteiger charge is 2.65. The minimum Gasteiger partial charge on any atom is -0.455 e. The van der Waals surface area contributed by atoms with Gasteiger partial charge >= 0.3 is 17.9 Å². The molecule has 6 aliphatic rings. The Bertz CT molecular complexity index is 795. The van der Waals surface area contributed by atoms with Gasteiger partial charge in [0.15, 0.2) is 18.8 Å². The second-order valence-electron chi connectivity index (χ2n) is 10.7. The fraction of sp³-hybridized carbons (Fsp3) is 0.875. The molecule has 0 amide bonds. The van der Waals surface area contributed by atoms with Gasteiger partial charge in [0.1, 0.15) is 6.10 Å². The average Bonchev–Trinajstić information content (AvgIpc) is 3.56. The summed E-state index contributed by atoms with van der Waals surface area (Å²) in [5.41, 5.74) is 0. The third-order valence-electron chi connectivity index (χ3n) is 9.56. The van der Waals surface area contributed by atoms with Gasteiger partial charge in [-0.2, -0.15) is 0 Å². The van der Waals surface area contributed by atoms with Crippen molar-refractivity contribution in [1.29, 1.82) is 0 Å². The summed E-state index contributed by atoms with van der Waals surface area (Å²) < 4.78 is 22.0. The Labute approximate surface area is 182 Å². The normalized spacial score (nSPS) is 50.6. The van der Waals surface area contributed by atoms with Crippen LogP contribution in [-0.4, -0.2) is 48.9 Å². The lowest BCUT2D eigenvalue weighted by Crippen LogP contribution is -2.41. The summed E-state index contributed by atoms with van der Waals surface area (Å²) in [6, 6.07) is 0. The first-order valence-corrected chi connectivity index (χ1v) is 12.2. The molecule has 12 atom stereocenters. The van der Waals surface area contributed by atoms with E-state index in [1.54, 1.807) is 0 Å². The first kappa shape index (κ1) is 20.0. The van der Waals surface area contributed by atoms with Crippen molar-refractivity contribution in [3.8, 4) is 0 Å². The van der Waals surface area contributed by atoms with Gasteiger partial charge in [0.05, 0.1) is 17.9 Å². The van der Waals surface area contributed by atoms with Gasteiger partial charge in [-0.15, -0.1) is 0 Å². The number of hydrogen-bond acceptors (Lipinski definition) is 7. The summed E-state index contributed by atoms with van der Waals surface area (Å²) in [5.74, 6) is 2.61. The Morgan fingerprint density at radius 2 is 1.77 bits per heavy atom. The summed E-state index contributed by atoms with van der Waals surface area (Å²) >= 11 is 0. The molecule has 4 bridgehead atoms. The molecule has 0 aromatic heterocycles. The van der Waals surface area contributed by atoms with E-state index >= 15 is 0 Å². The van der Waals surface area contributed by atoms with Gasteiger partial charge in [0.2, 0.25) is 0 Å². The molecule has 0 spiro atoms. The number of carbonyl (C=O) groups excluding carboxylic acids is 3. The molecule has 6 rings (SSSR count). The molecule has 31 heavy (non-hydrogen) atoms. The number of esters is 3. The molecule has 0 radical (unpaired) electrons. The maximum absolute atomic E-state index is 12.9. The number of fused-ring (bicyclic) bond motifs is 6. The van der Waals surface area contributed by atoms with E-state index in [0.29, 0.717) is 24.2 Å². The van der Waals surface area contributed by atoms with Crippen LogP contribution in [0.5, 0.6) is 0 Å². The summed E-state index contributed by atoms with van der Waals surface area (Å²) in [7, 11) is 0. The van der Waals surface area contributed by atoms with Gasteiger partial charge < -0.3 is 18.9 Å². The molecule has 7 nitrogen and oxygen atoms in total. The van der Waals surface area contributed by atoms with Gasteiger partial charge in [-0.1, -0.05) is 26.7 Å². The first-order chi connectivity index (χ1) is 15.0. The predicted molar refractivity (Wildman–Crippen MR) is 106 cm³/mol.